The third-order valence-electron chi connectivity index (χ3n) is 6.76. The molecule has 36 heavy (non-hydrogen) atoms. The van der Waals surface area contributed by atoms with Crippen LogP contribution in [0.2, 0.25) is 0 Å². The van der Waals surface area contributed by atoms with Crippen LogP contribution >= 0.6 is 0 Å². The van der Waals surface area contributed by atoms with E-state index in [4.69, 9.17) is 9.47 Å². The molecule has 187 valence electrons. The summed E-state index contributed by atoms with van der Waals surface area (Å²) in [7, 11) is -2.98. The molecule has 1 radical (unpaired) electrons. The van der Waals surface area contributed by atoms with Crippen LogP contribution in [0.25, 0.3) is 11.1 Å². The van der Waals surface area contributed by atoms with Crippen LogP contribution in [0.4, 0.5) is 5.69 Å². The van der Waals surface area contributed by atoms with Gasteiger partial charge in [0.25, 0.3) is 0 Å². The SMILES string of the molecule is CS(=O)(=O)CCCOc1ccc2c(c1)COCc1ccc(CNc3ccc([C@H]4C[C@@H]4[C]=O)cc3)cc1-2. The number of rotatable bonds is 10. The zero-order valence-electron chi connectivity index (χ0n) is 20.3. The molecule has 2 aliphatic rings. The molecular formula is C29H30NO5S. The van der Waals surface area contributed by atoms with Crippen molar-refractivity contribution in [3.05, 3.63) is 82.9 Å². The van der Waals surface area contributed by atoms with E-state index in [1.54, 1.807) is 0 Å². The van der Waals surface area contributed by atoms with Crippen LogP contribution in [0, 0.1) is 5.92 Å². The molecule has 5 rings (SSSR count). The Balaban J connectivity index is 1.25. The summed E-state index contributed by atoms with van der Waals surface area (Å²) in [5.74, 6) is 1.24. The topological polar surface area (TPSA) is 81.7 Å². The highest BCUT2D eigenvalue weighted by molar-refractivity contribution is 7.90. The lowest BCUT2D eigenvalue weighted by molar-refractivity contribution is 0.109. The van der Waals surface area contributed by atoms with Crippen molar-refractivity contribution >= 4 is 21.8 Å². The van der Waals surface area contributed by atoms with E-state index < -0.39 is 9.84 Å². The van der Waals surface area contributed by atoms with Gasteiger partial charge in [0.15, 0.2) is 0 Å². The fourth-order valence-electron chi connectivity index (χ4n) is 4.68. The lowest BCUT2D eigenvalue weighted by Gasteiger charge is -2.14. The standard InChI is InChI=1S/C29H30NO5S/c1-36(32,33)12-2-11-35-26-9-10-27-24(14-26)19-34-18-22-4-3-20(13-29(22)27)16-30-25-7-5-21(6-8-25)28-15-23(28)17-31/h3-10,13-14,23,28,30H,2,11-12,15-16,18-19H2,1H3/t23-,28-/m1/s1. The molecule has 2 atom stereocenters. The maximum absolute atomic E-state index is 11.3. The quantitative estimate of drug-likeness (QED) is 0.391. The molecule has 1 fully saturated rings. The Kier molecular flexibility index (Phi) is 7.12. The highest BCUT2D eigenvalue weighted by Gasteiger charge is 2.38. The number of anilines is 1. The predicted octanol–water partition coefficient (Wildman–Crippen LogP) is 5.02. The summed E-state index contributed by atoms with van der Waals surface area (Å²) < 4.78 is 34.4. The van der Waals surface area contributed by atoms with Gasteiger partial charge < -0.3 is 14.8 Å². The number of ether oxygens (including phenoxy) is 2. The fourth-order valence-corrected chi connectivity index (χ4v) is 5.32. The van der Waals surface area contributed by atoms with Gasteiger partial charge in [-0.3, -0.25) is 4.79 Å². The van der Waals surface area contributed by atoms with Gasteiger partial charge in [0.05, 0.1) is 25.6 Å². The molecule has 7 heteroatoms. The minimum absolute atomic E-state index is 0.0674. The lowest BCUT2D eigenvalue weighted by Crippen LogP contribution is -2.08. The van der Waals surface area contributed by atoms with Crippen LogP contribution in [0.1, 0.15) is 41.0 Å². The zero-order chi connectivity index (χ0) is 25.1. The van der Waals surface area contributed by atoms with E-state index >= 15 is 0 Å². The van der Waals surface area contributed by atoms with Gasteiger partial charge in [-0.15, -0.1) is 0 Å². The minimum Gasteiger partial charge on any atom is -0.494 e. The van der Waals surface area contributed by atoms with E-state index in [1.165, 1.54) is 17.4 Å². The van der Waals surface area contributed by atoms with Gasteiger partial charge in [0.1, 0.15) is 15.6 Å². The van der Waals surface area contributed by atoms with Gasteiger partial charge in [-0.2, -0.15) is 0 Å². The molecular weight excluding hydrogens is 474 g/mol. The third kappa shape index (κ3) is 5.97. The number of nitrogens with one attached hydrogen (secondary N) is 1. The van der Waals surface area contributed by atoms with E-state index in [1.807, 2.05) is 12.1 Å². The summed E-state index contributed by atoms with van der Waals surface area (Å²) in [5.41, 5.74) is 7.91. The molecule has 0 unspecified atom stereocenters. The van der Waals surface area contributed by atoms with E-state index in [-0.39, 0.29) is 11.7 Å². The molecule has 0 aromatic heterocycles. The van der Waals surface area contributed by atoms with Gasteiger partial charge in [0, 0.05) is 24.4 Å². The average molecular weight is 505 g/mol. The first-order chi connectivity index (χ1) is 17.4. The van der Waals surface area contributed by atoms with Gasteiger partial charge in [-0.25, -0.2) is 8.42 Å². The number of hydrogen-bond donors (Lipinski definition) is 1. The number of benzene rings is 3. The summed E-state index contributed by atoms with van der Waals surface area (Å²) in [6, 6.07) is 20.8. The normalized spacial score (nSPS) is 18.5. The van der Waals surface area contributed by atoms with Gasteiger partial charge in [-0.1, -0.05) is 30.3 Å². The van der Waals surface area contributed by atoms with Gasteiger partial charge >= 0.3 is 0 Å². The fraction of sp³-hybridized carbons (Fsp3) is 0.345. The van der Waals surface area contributed by atoms with Crippen LogP contribution in [0.3, 0.4) is 0 Å². The first kappa shape index (κ1) is 24.5. The number of sulfone groups is 1. The van der Waals surface area contributed by atoms with Crippen molar-refractivity contribution in [2.75, 3.05) is 23.9 Å². The Morgan fingerprint density at radius 1 is 1.00 bits per heavy atom. The Hall–Kier alpha value is -3.16. The maximum Gasteiger partial charge on any atom is 0.202 e. The average Bonchev–Trinajstić information content (AvgIpc) is 3.68. The smallest absolute Gasteiger partial charge is 0.202 e. The molecule has 0 saturated heterocycles. The molecule has 1 N–H and O–H groups in total. The van der Waals surface area contributed by atoms with Crippen LogP contribution in [0.15, 0.2) is 60.7 Å². The number of fused-ring (bicyclic) bond motifs is 3. The summed E-state index contributed by atoms with van der Waals surface area (Å²) in [6.45, 7) is 2.09. The van der Waals surface area contributed by atoms with Crippen LogP contribution in [-0.2, 0) is 39.1 Å². The highest BCUT2D eigenvalue weighted by atomic mass is 32.2. The first-order valence-corrected chi connectivity index (χ1v) is 14.3. The molecule has 1 aliphatic heterocycles. The first-order valence-electron chi connectivity index (χ1n) is 12.2. The monoisotopic (exact) mass is 504 g/mol. The van der Waals surface area contributed by atoms with Crippen LogP contribution in [-0.4, -0.2) is 33.3 Å². The molecule has 0 spiro atoms. The Labute approximate surface area is 212 Å². The van der Waals surface area contributed by atoms with Crippen molar-refractivity contribution in [1.82, 2.24) is 0 Å². The Bertz CT molecular complexity index is 1350. The number of carbonyl (C=O) groups excluding carboxylic acids is 1. The van der Waals surface area contributed by atoms with E-state index in [0.717, 1.165) is 40.1 Å². The summed E-state index contributed by atoms with van der Waals surface area (Å²) in [4.78, 5) is 10.8. The van der Waals surface area contributed by atoms with Crippen molar-refractivity contribution in [2.45, 2.75) is 38.5 Å². The van der Waals surface area contributed by atoms with Crippen molar-refractivity contribution < 1.29 is 22.7 Å². The largest absolute Gasteiger partial charge is 0.494 e. The minimum atomic E-state index is -2.98. The Morgan fingerprint density at radius 3 is 2.56 bits per heavy atom. The predicted molar refractivity (Wildman–Crippen MR) is 141 cm³/mol. The number of hydrogen-bond acceptors (Lipinski definition) is 6. The van der Waals surface area contributed by atoms with E-state index in [0.29, 0.717) is 38.7 Å². The zero-order valence-corrected chi connectivity index (χ0v) is 21.1. The summed E-state index contributed by atoms with van der Waals surface area (Å²) >= 11 is 0. The summed E-state index contributed by atoms with van der Waals surface area (Å²) in [5, 5.41) is 3.50. The Morgan fingerprint density at radius 2 is 1.81 bits per heavy atom. The second-order valence-electron chi connectivity index (χ2n) is 9.68. The maximum atomic E-state index is 11.3. The molecule has 3 aromatic carbocycles. The second-order valence-corrected chi connectivity index (χ2v) is 11.9. The molecule has 1 saturated carbocycles. The van der Waals surface area contributed by atoms with Gasteiger partial charge in [0.2, 0.25) is 6.29 Å². The van der Waals surface area contributed by atoms with Crippen LogP contribution in [0.5, 0.6) is 5.75 Å². The lowest BCUT2D eigenvalue weighted by atomic mass is 9.94. The van der Waals surface area contributed by atoms with Crippen molar-refractivity contribution in [2.24, 2.45) is 5.92 Å². The molecule has 3 aromatic rings. The van der Waals surface area contributed by atoms with Crippen LogP contribution < -0.4 is 10.1 Å². The van der Waals surface area contributed by atoms with E-state index in [9.17, 15) is 13.2 Å². The molecule has 0 bridgehead atoms. The van der Waals surface area contributed by atoms with Crippen molar-refractivity contribution in [3.8, 4) is 16.9 Å². The molecule has 0 amide bonds. The third-order valence-corrected chi connectivity index (χ3v) is 7.79. The summed E-state index contributed by atoms with van der Waals surface area (Å²) in [6.07, 6.45) is 4.72. The highest BCUT2D eigenvalue weighted by Crippen LogP contribution is 2.46. The molecule has 6 nitrogen and oxygen atoms in total. The van der Waals surface area contributed by atoms with Crippen molar-refractivity contribution in [1.29, 1.82) is 0 Å². The van der Waals surface area contributed by atoms with E-state index in [2.05, 4.69) is 60.1 Å². The molecule has 1 heterocycles. The van der Waals surface area contributed by atoms with Gasteiger partial charge in [-0.05, 0) is 82.5 Å². The molecule has 1 aliphatic carbocycles. The van der Waals surface area contributed by atoms with Crippen molar-refractivity contribution in [3.63, 3.8) is 0 Å². The second kappa shape index (κ2) is 10.4.